The van der Waals surface area contributed by atoms with Crippen LogP contribution in [0.4, 0.5) is 0 Å². The van der Waals surface area contributed by atoms with Gasteiger partial charge in [0.25, 0.3) is 0 Å². The van der Waals surface area contributed by atoms with E-state index in [-0.39, 0.29) is 23.9 Å². The minimum Gasteiger partial charge on any atom is -0.466 e. The smallest absolute Gasteiger partial charge is 0.338 e. The van der Waals surface area contributed by atoms with Gasteiger partial charge < -0.3 is 19.0 Å². The number of carbonyl (C=O) groups excluding carboxylic acids is 3. The highest BCUT2D eigenvalue weighted by Crippen LogP contribution is 2.42. The minimum atomic E-state index is -0.469. The Kier molecular flexibility index (Phi) is 9.29. The van der Waals surface area contributed by atoms with Crippen LogP contribution >= 0.6 is 0 Å². The molecule has 4 rings (SSSR count). The van der Waals surface area contributed by atoms with E-state index in [9.17, 15) is 14.4 Å². The molecule has 6 heteroatoms. The Bertz CT molecular complexity index is 1000. The second kappa shape index (κ2) is 12.8. The maximum absolute atomic E-state index is 12.9. The first-order chi connectivity index (χ1) is 17.6. The van der Waals surface area contributed by atoms with Crippen LogP contribution in [0.1, 0.15) is 62.2 Å². The first-order valence-electron chi connectivity index (χ1n) is 13.2. The van der Waals surface area contributed by atoms with Gasteiger partial charge in [0.05, 0.1) is 24.2 Å². The normalized spacial score (nSPS) is 25.4. The summed E-state index contributed by atoms with van der Waals surface area (Å²) in [5, 5.41) is 0. The van der Waals surface area contributed by atoms with Crippen molar-refractivity contribution in [1.29, 1.82) is 0 Å². The molecule has 1 saturated carbocycles. The molecular formula is C30H36O6. The molecule has 6 nitrogen and oxygen atoms in total. The fourth-order valence-corrected chi connectivity index (χ4v) is 5.43. The molecule has 2 fully saturated rings. The Morgan fingerprint density at radius 3 is 2.50 bits per heavy atom. The lowest BCUT2D eigenvalue weighted by atomic mass is 9.87. The molecule has 1 heterocycles. The van der Waals surface area contributed by atoms with Gasteiger partial charge in [-0.3, -0.25) is 4.79 Å². The largest absolute Gasteiger partial charge is 0.466 e. The summed E-state index contributed by atoms with van der Waals surface area (Å²) in [6.07, 6.45) is 5.69. The van der Waals surface area contributed by atoms with Crippen molar-refractivity contribution in [2.75, 3.05) is 13.2 Å². The van der Waals surface area contributed by atoms with Gasteiger partial charge in [0.1, 0.15) is 12.4 Å². The molecule has 192 valence electrons. The molecule has 1 aliphatic carbocycles. The zero-order valence-electron chi connectivity index (χ0n) is 21.0. The van der Waals surface area contributed by atoms with Gasteiger partial charge >= 0.3 is 11.9 Å². The van der Waals surface area contributed by atoms with Crippen LogP contribution in [-0.4, -0.2) is 43.6 Å². The summed E-state index contributed by atoms with van der Waals surface area (Å²) in [5.74, 6) is -0.476. The van der Waals surface area contributed by atoms with Crippen LogP contribution in [0.5, 0.6) is 0 Å². The first-order valence-corrected chi connectivity index (χ1v) is 13.2. The summed E-state index contributed by atoms with van der Waals surface area (Å²) in [6.45, 7) is 3.07. The van der Waals surface area contributed by atoms with Crippen molar-refractivity contribution in [3.8, 4) is 11.1 Å². The van der Waals surface area contributed by atoms with E-state index in [2.05, 4.69) is 0 Å². The second-order valence-electron chi connectivity index (χ2n) is 9.93. The molecule has 1 aliphatic heterocycles. The van der Waals surface area contributed by atoms with Gasteiger partial charge in [0.15, 0.2) is 0 Å². The second-order valence-corrected chi connectivity index (χ2v) is 9.93. The molecule has 0 radical (unpaired) electrons. The molecule has 2 aromatic rings. The summed E-state index contributed by atoms with van der Waals surface area (Å²) in [5.41, 5.74) is 2.59. The van der Waals surface area contributed by atoms with Crippen LogP contribution in [0.25, 0.3) is 11.1 Å². The molecule has 0 unspecified atom stereocenters. The number of carbonyl (C=O) groups is 3. The molecule has 0 bridgehead atoms. The van der Waals surface area contributed by atoms with Gasteiger partial charge in [0.2, 0.25) is 0 Å². The Labute approximate surface area is 213 Å². The van der Waals surface area contributed by atoms with E-state index in [0.29, 0.717) is 37.5 Å². The fourth-order valence-electron chi connectivity index (χ4n) is 5.43. The maximum Gasteiger partial charge on any atom is 0.338 e. The fraction of sp³-hybridized carbons (Fsp3) is 0.500. The monoisotopic (exact) mass is 492 g/mol. The van der Waals surface area contributed by atoms with Crippen molar-refractivity contribution in [2.24, 2.45) is 17.8 Å². The zero-order chi connectivity index (χ0) is 25.3. The van der Waals surface area contributed by atoms with Gasteiger partial charge in [0, 0.05) is 19.4 Å². The molecule has 0 aromatic heterocycles. The number of esters is 2. The van der Waals surface area contributed by atoms with Gasteiger partial charge in [-0.2, -0.15) is 0 Å². The van der Waals surface area contributed by atoms with Gasteiger partial charge in [-0.15, -0.1) is 0 Å². The Morgan fingerprint density at radius 2 is 1.78 bits per heavy atom. The third-order valence-corrected chi connectivity index (χ3v) is 7.42. The number of fused-ring (bicyclic) bond motifs is 1. The SMILES string of the molecule is CCCOC(=O)CCC[C@H]1CC[C@@H]2[C@@H](C=O)[C@H](OC(=O)c3ccc(-c4ccccc4)cc3)C[C@@H]2OC1. The third kappa shape index (κ3) is 6.61. The average Bonchev–Trinajstić information content (AvgIpc) is 3.12. The molecular weight excluding hydrogens is 456 g/mol. The molecule has 0 spiro atoms. The van der Waals surface area contributed by atoms with Crippen LogP contribution < -0.4 is 0 Å². The van der Waals surface area contributed by atoms with Crippen LogP contribution in [0.3, 0.4) is 0 Å². The predicted octanol–water partition coefficient (Wildman–Crippen LogP) is 5.63. The molecule has 36 heavy (non-hydrogen) atoms. The number of hydrogen-bond acceptors (Lipinski definition) is 6. The third-order valence-electron chi connectivity index (χ3n) is 7.42. The highest BCUT2D eigenvalue weighted by molar-refractivity contribution is 5.90. The summed E-state index contributed by atoms with van der Waals surface area (Å²) in [4.78, 5) is 36.6. The Balaban J connectivity index is 1.28. The zero-order valence-corrected chi connectivity index (χ0v) is 21.0. The number of rotatable bonds is 10. The van der Waals surface area contributed by atoms with Crippen LogP contribution in [-0.2, 0) is 23.8 Å². The standard InChI is InChI=1S/C30H36O6/c1-2-17-34-29(32)10-6-7-21-11-16-25-26(19-31)28(18-27(25)35-20-21)36-30(33)24-14-12-23(13-15-24)22-8-4-3-5-9-22/h3-5,8-9,12-15,19,21,25-28H,2,6-7,10-11,16-18,20H2,1H3/t21-,25+,26+,27-,28+/m0/s1. The topological polar surface area (TPSA) is 78.9 Å². The highest BCUT2D eigenvalue weighted by atomic mass is 16.6. The van der Waals surface area contributed by atoms with Gasteiger partial charge in [-0.1, -0.05) is 49.4 Å². The van der Waals surface area contributed by atoms with E-state index in [1.165, 1.54) is 0 Å². The average molecular weight is 493 g/mol. The van der Waals surface area contributed by atoms with Crippen molar-refractivity contribution < 1.29 is 28.6 Å². The van der Waals surface area contributed by atoms with Crippen molar-refractivity contribution >= 4 is 18.2 Å². The van der Waals surface area contributed by atoms with E-state index < -0.39 is 12.1 Å². The lowest BCUT2D eigenvalue weighted by molar-refractivity contribution is -0.143. The Morgan fingerprint density at radius 1 is 1.03 bits per heavy atom. The molecule has 2 aromatic carbocycles. The van der Waals surface area contributed by atoms with E-state index in [0.717, 1.165) is 49.5 Å². The maximum atomic E-state index is 12.9. The van der Waals surface area contributed by atoms with Crippen molar-refractivity contribution in [1.82, 2.24) is 0 Å². The molecule has 2 aliphatic rings. The molecule has 5 atom stereocenters. The van der Waals surface area contributed by atoms with E-state index >= 15 is 0 Å². The van der Waals surface area contributed by atoms with Crippen molar-refractivity contribution in [2.45, 2.75) is 64.1 Å². The molecule has 0 N–H and O–H groups in total. The van der Waals surface area contributed by atoms with E-state index in [1.54, 1.807) is 12.1 Å². The molecule has 0 amide bonds. The Hall–Kier alpha value is -2.99. The molecule has 1 saturated heterocycles. The summed E-state index contributed by atoms with van der Waals surface area (Å²) < 4.78 is 17.2. The van der Waals surface area contributed by atoms with Crippen LogP contribution in [0, 0.1) is 17.8 Å². The van der Waals surface area contributed by atoms with E-state index in [4.69, 9.17) is 14.2 Å². The highest BCUT2D eigenvalue weighted by Gasteiger charge is 2.47. The first kappa shape index (κ1) is 26.1. The van der Waals surface area contributed by atoms with Crippen LogP contribution in [0.2, 0.25) is 0 Å². The van der Waals surface area contributed by atoms with Crippen LogP contribution in [0.15, 0.2) is 54.6 Å². The number of benzene rings is 2. The summed E-state index contributed by atoms with van der Waals surface area (Å²) in [7, 11) is 0. The quantitative estimate of drug-likeness (QED) is 0.316. The lowest BCUT2D eigenvalue weighted by Gasteiger charge is -2.20. The minimum absolute atomic E-state index is 0.0558. The van der Waals surface area contributed by atoms with Crippen molar-refractivity contribution in [3.63, 3.8) is 0 Å². The predicted molar refractivity (Wildman–Crippen MR) is 136 cm³/mol. The number of hydrogen-bond donors (Lipinski definition) is 0. The van der Waals surface area contributed by atoms with Crippen molar-refractivity contribution in [3.05, 3.63) is 60.2 Å². The number of aldehydes is 1. The number of ether oxygens (including phenoxy) is 3. The lowest BCUT2D eigenvalue weighted by Crippen LogP contribution is -2.27. The summed E-state index contributed by atoms with van der Waals surface area (Å²) in [6, 6.07) is 17.3. The van der Waals surface area contributed by atoms with Gasteiger partial charge in [-0.25, -0.2) is 4.79 Å². The van der Waals surface area contributed by atoms with Gasteiger partial charge in [-0.05, 0) is 67.2 Å². The van der Waals surface area contributed by atoms with E-state index in [1.807, 2.05) is 49.4 Å². The summed E-state index contributed by atoms with van der Waals surface area (Å²) >= 11 is 0.